The number of nitrogens with one attached hydrogen (secondary N) is 1. The lowest BCUT2D eigenvalue weighted by Gasteiger charge is -2.34. The number of nitro benzene ring substituents is 1. The van der Waals surface area contributed by atoms with Gasteiger partial charge in [0, 0.05) is 55.2 Å². The normalized spacial score (nSPS) is 15.2. The fourth-order valence-electron chi connectivity index (χ4n) is 4.99. The molecule has 3 aromatic carbocycles. The van der Waals surface area contributed by atoms with E-state index in [9.17, 15) is 19.7 Å². The molecule has 2 aliphatic heterocycles. The molecule has 1 saturated heterocycles. The van der Waals surface area contributed by atoms with Gasteiger partial charge < -0.3 is 15.1 Å². The molecule has 0 spiro atoms. The molecule has 1 N–H and O–H groups in total. The molecule has 0 radical (unpaired) electrons. The highest BCUT2D eigenvalue weighted by Gasteiger charge is 2.26. The average Bonchev–Trinajstić information content (AvgIpc) is 2.93. The van der Waals surface area contributed by atoms with Gasteiger partial charge in [0.15, 0.2) is 0 Å². The van der Waals surface area contributed by atoms with Crippen LogP contribution in [0, 0.1) is 10.1 Å². The highest BCUT2D eigenvalue weighted by Crippen LogP contribution is 2.31. The van der Waals surface area contributed by atoms with Crippen molar-refractivity contribution in [2.24, 2.45) is 0 Å². The van der Waals surface area contributed by atoms with E-state index in [0.29, 0.717) is 11.3 Å². The molecule has 2 aliphatic rings. The summed E-state index contributed by atoms with van der Waals surface area (Å²) in [7, 11) is 0. The van der Waals surface area contributed by atoms with Crippen LogP contribution in [0.15, 0.2) is 66.7 Å². The quantitative estimate of drug-likeness (QED) is 0.405. The first-order valence-corrected chi connectivity index (χ1v) is 12.3. The van der Waals surface area contributed by atoms with Crippen LogP contribution in [0.3, 0.4) is 0 Å². The van der Waals surface area contributed by atoms with Gasteiger partial charge in [0.1, 0.15) is 0 Å². The van der Waals surface area contributed by atoms with E-state index in [1.807, 2.05) is 17.0 Å². The summed E-state index contributed by atoms with van der Waals surface area (Å²) in [6.45, 7) is 2.98. The first kappa shape index (κ1) is 23.5. The number of piperidine rings is 1. The maximum absolute atomic E-state index is 13.6. The number of non-ortho nitro benzene ring substituents is 1. The summed E-state index contributed by atoms with van der Waals surface area (Å²) in [6, 6.07) is 19.4. The summed E-state index contributed by atoms with van der Waals surface area (Å²) in [6.07, 6.45) is 4.00. The van der Waals surface area contributed by atoms with Gasteiger partial charge in [-0.15, -0.1) is 0 Å². The van der Waals surface area contributed by atoms with Crippen molar-refractivity contribution in [2.75, 3.05) is 29.9 Å². The average molecular weight is 485 g/mol. The number of benzene rings is 3. The number of amides is 2. The number of nitrogens with zero attached hydrogens (tertiary/aromatic N) is 3. The van der Waals surface area contributed by atoms with Crippen molar-refractivity contribution in [1.29, 1.82) is 0 Å². The van der Waals surface area contributed by atoms with Crippen LogP contribution in [-0.4, -0.2) is 41.3 Å². The van der Waals surface area contributed by atoms with Gasteiger partial charge in [-0.2, -0.15) is 0 Å². The van der Waals surface area contributed by atoms with Gasteiger partial charge in [-0.1, -0.05) is 30.3 Å². The van der Waals surface area contributed by atoms with Crippen molar-refractivity contribution < 1.29 is 14.5 Å². The molecule has 2 amide bonds. The minimum absolute atomic E-state index is 0.0324. The molecule has 36 heavy (non-hydrogen) atoms. The van der Waals surface area contributed by atoms with E-state index >= 15 is 0 Å². The smallest absolute Gasteiger partial charge is 0.270 e. The van der Waals surface area contributed by atoms with Crippen LogP contribution in [-0.2, 0) is 13.0 Å². The van der Waals surface area contributed by atoms with Gasteiger partial charge in [-0.05, 0) is 61.1 Å². The maximum atomic E-state index is 13.6. The van der Waals surface area contributed by atoms with E-state index < -0.39 is 10.8 Å². The Hall–Kier alpha value is -4.20. The summed E-state index contributed by atoms with van der Waals surface area (Å²) in [5.74, 6) is -0.496. The molecule has 8 nitrogen and oxygen atoms in total. The van der Waals surface area contributed by atoms with Crippen molar-refractivity contribution in [3.8, 4) is 0 Å². The van der Waals surface area contributed by atoms with Crippen LogP contribution in [0.25, 0.3) is 0 Å². The monoisotopic (exact) mass is 484 g/mol. The maximum Gasteiger partial charge on any atom is 0.270 e. The summed E-state index contributed by atoms with van der Waals surface area (Å²) in [4.78, 5) is 41.2. The summed E-state index contributed by atoms with van der Waals surface area (Å²) in [5.41, 5.74) is 4.52. The lowest BCUT2D eigenvalue weighted by molar-refractivity contribution is -0.384. The lowest BCUT2D eigenvalue weighted by atomic mass is 9.98. The van der Waals surface area contributed by atoms with Crippen molar-refractivity contribution in [2.45, 2.75) is 32.2 Å². The summed E-state index contributed by atoms with van der Waals surface area (Å²) >= 11 is 0. The predicted molar refractivity (Wildman–Crippen MR) is 138 cm³/mol. The number of likely N-dealkylation sites (tertiary alicyclic amines) is 1. The molecule has 0 bridgehead atoms. The number of carbonyl (C=O) groups is 2. The molecule has 3 aromatic rings. The number of fused-ring (bicyclic) bond motifs is 1. The zero-order valence-electron chi connectivity index (χ0n) is 20.0. The third-order valence-corrected chi connectivity index (χ3v) is 6.92. The highest BCUT2D eigenvalue weighted by atomic mass is 16.6. The van der Waals surface area contributed by atoms with Gasteiger partial charge in [0.05, 0.1) is 10.5 Å². The number of anilines is 2. The van der Waals surface area contributed by atoms with Crippen molar-refractivity contribution in [3.63, 3.8) is 0 Å². The second-order valence-corrected chi connectivity index (χ2v) is 9.29. The second-order valence-electron chi connectivity index (χ2n) is 9.29. The zero-order chi connectivity index (χ0) is 25.1. The largest absolute Gasteiger partial charge is 0.366 e. The fraction of sp³-hybridized carbons (Fsp3) is 0.286. The Morgan fingerprint density at radius 3 is 2.42 bits per heavy atom. The molecule has 1 fully saturated rings. The minimum Gasteiger partial charge on any atom is -0.366 e. The van der Waals surface area contributed by atoms with Crippen molar-refractivity contribution in [1.82, 2.24) is 4.90 Å². The molecule has 8 heteroatoms. The van der Waals surface area contributed by atoms with Crippen LogP contribution in [0.1, 0.15) is 51.1 Å². The van der Waals surface area contributed by atoms with Crippen LogP contribution in [0.2, 0.25) is 0 Å². The SMILES string of the molecule is O=C(Nc1ccc(N2CCc3ccccc3C2)c(C(=O)N2CCCCC2)c1)c1cccc([N+](=O)[O-])c1. The summed E-state index contributed by atoms with van der Waals surface area (Å²) < 4.78 is 0. The molecule has 0 aromatic heterocycles. The first-order valence-electron chi connectivity index (χ1n) is 12.3. The van der Waals surface area contributed by atoms with E-state index in [4.69, 9.17) is 0 Å². The molecule has 184 valence electrons. The standard InChI is InChI=1S/C28H28N4O4/c33-27(21-9-6-10-24(17-21)32(35)36)29-23-11-12-26(25(18-23)28(34)30-14-4-1-5-15-30)31-16-13-20-7-2-3-8-22(20)19-31/h2-3,6-12,17-18H,1,4-5,13-16,19H2,(H,29,33). The molecular weight excluding hydrogens is 456 g/mol. The second kappa shape index (κ2) is 10.2. The number of carbonyl (C=O) groups excluding carboxylic acids is 2. The van der Waals surface area contributed by atoms with Gasteiger partial charge in [0.2, 0.25) is 0 Å². The van der Waals surface area contributed by atoms with Gasteiger partial charge in [0.25, 0.3) is 17.5 Å². The Labute approximate surface area is 209 Å². The Balaban J connectivity index is 1.45. The Bertz CT molecular complexity index is 1320. The third kappa shape index (κ3) is 4.93. The molecule has 0 atom stereocenters. The fourth-order valence-corrected chi connectivity index (χ4v) is 4.99. The van der Waals surface area contributed by atoms with Crippen LogP contribution in [0.5, 0.6) is 0 Å². The van der Waals surface area contributed by atoms with E-state index in [-0.39, 0.29) is 17.2 Å². The van der Waals surface area contributed by atoms with Gasteiger partial charge >= 0.3 is 0 Å². The number of rotatable bonds is 5. The molecule has 0 unspecified atom stereocenters. The molecule has 2 heterocycles. The van der Waals surface area contributed by atoms with E-state index in [1.165, 1.54) is 35.4 Å². The lowest BCUT2D eigenvalue weighted by Crippen LogP contribution is -2.38. The topological polar surface area (TPSA) is 95.8 Å². The number of hydrogen-bond acceptors (Lipinski definition) is 5. The Morgan fingerprint density at radius 1 is 0.861 bits per heavy atom. The molecule has 0 saturated carbocycles. The Kier molecular flexibility index (Phi) is 6.66. The van der Waals surface area contributed by atoms with E-state index in [2.05, 4.69) is 28.4 Å². The van der Waals surface area contributed by atoms with Crippen LogP contribution >= 0.6 is 0 Å². The van der Waals surface area contributed by atoms with E-state index in [0.717, 1.165) is 57.5 Å². The molecular formula is C28H28N4O4. The van der Waals surface area contributed by atoms with Gasteiger partial charge in [-0.25, -0.2) is 0 Å². The van der Waals surface area contributed by atoms with Crippen molar-refractivity contribution >= 4 is 28.9 Å². The zero-order valence-corrected chi connectivity index (χ0v) is 20.0. The van der Waals surface area contributed by atoms with Crippen LogP contribution in [0.4, 0.5) is 17.1 Å². The number of hydrogen-bond donors (Lipinski definition) is 1. The number of nitro groups is 1. The third-order valence-electron chi connectivity index (χ3n) is 6.92. The Morgan fingerprint density at radius 2 is 1.64 bits per heavy atom. The summed E-state index contributed by atoms with van der Waals surface area (Å²) in [5, 5.41) is 13.9. The molecule has 0 aliphatic carbocycles. The minimum atomic E-state index is -0.530. The van der Waals surface area contributed by atoms with E-state index in [1.54, 1.807) is 12.1 Å². The van der Waals surface area contributed by atoms with Gasteiger partial charge in [-0.3, -0.25) is 19.7 Å². The first-order chi connectivity index (χ1) is 17.5. The highest BCUT2D eigenvalue weighted by molar-refractivity contribution is 6.06. The molecule has 5 rings (SSSR count). The van der Waals surface area contributed by atoms with Crippen molar-refractivity contribution in [3.05, 3.63) is 99.1 Å². The van der Waals surface area contributed by atoms with Crippen LogP contribution < -0.4 is 10.2 Å². The predicted octanol–water partition coefficient (Wildman–Crippen LogP) is 5.04.